The second-order valence-corrected chi connectivity index (χ2v) is 5.84. The van der Waals surface area contributed by atoms with Crippen LogP contribution in [0, 0.1) is 0 Å². The maximum absolute atomic E-state index is 12.5. The number of hydrogen-bond donors (Lipinski definition) is 0. The fourth-order valence-corrected chi connectivity index (χ4v) is 3.01. The molecule has 1 fully saturated rings. The normalized spacial score (nSPS) is 14.2. The van der Waals surface area contributed by atoms with Gasteiger partial charge in [0.1, 0.15) is 23.6 Å². The highest BCUT2D eigenvalue weighted by Crippen LogP contribution is 2.22. The van der Waals surface area contributed by atoms with Gasteiger partial charge in [0, 0.05) is 31.7 Å². The molecule has 1 aliphatic heterocycles. The van der Waals surface area contributed by atoms with Crippen LogP contribution in [-0.2, 0) is 11.3 Å². The number of aromatic nitrogens is 3. The average Bonchev–Trinajstić information content (AvgIpc) is 3.28. The van der Waals surface area contributed by atoms with Crippen LogP contribution in [0.2, 0.25) is 0 Å². The Morgan fingerprint density at radius 3 is 2.88 bits per heavy atom. The predicted octanol–water partition coefficient (Wildman–Crippen LogP) is 2.69. The van der Waals surface area contributed by atoms with Crippen LogP contribution in [0.25, 0.3) is 5.65 Å². The Balaban J connectivity index is 1.50. The van der Waals surface area contributed by atoms with Crippen molar-refractivity contribution in [1.29, 1.82) is 0 Å². The van der Waals surface area contributed by atoms with Gasteiger partial charge in [-0.05, 0) is 37.1 Å². The molecule has 0 atom stereocenters. The molecule has 0 spiro atoms. The first kappa shape index (κ1) is 14.7. The van der Waals surface area contributed by atoms with E-state index in [1.54, 1.807) is 18.3 Å². The summed E-state index contributed by atoms with van der Waals surface area (Å²) < 4.78 is 7.37. The summed E-state index contributed by atoms with van der Waals surface area (Å²) in [7, 11) is 0. The number of pyridine rings is 2. The first-order valence-electron chi connectivity index (χ1n) is 8.11. The molecule has 24 heavy (non-hydrogen) atoms. The molecule has 6 nitrogen and oxygen atoms in total. The van der Waals surface area contributed by atoms with Crippen molar-refractivity contribution in [3.05, 3.63) is 60.2 Å². The second-order valence-electron chi connectivity index (χ2n) is 5.84. The van der Waals surface area contributed by atoms with Crippen molar-refractivity contribution in [2.45, 2.75) is 19.4 Å². The van der Waals surface area contributed by atoms with Crippen LogP contribution < -0.4 is 4.90 Å². The zero-order valence-corrected chi connectivity index (χ0v) is 13.3. The number of anilines is 1. The zero-order valence-electron chi connectivity index (χ0n) is 13.3. The Morgan fingerprint density at radius 2 is 2.04 bits per heavy atom. The lowest BCUT2D eigenvalue weighted by molar-refractivity contribution is 0.0468. The van der Waals surface area contributed by atoms with Gasteiger partial charge in [0.15, 0.2) is 0 Å². The summed E-state index contributed by atoms with van der Waals surface area (Å²) in [5.74, 6) is 0.358. The number of carbonyl (C=O) groups is 1. The van der Waals surface area contributed by atoms with Crippen LogP contribution in [0.5, 0.6) is 0 Å². The van der Waals surface area contributed by atoms with Crippen molar-refractivity contribution in [3.8, 4) is 0 Å². The van der Waals surface area contributed by atoms with E-state index in [0.29, 0.717) is 5.56 Å². The van der Waals surface area contributed by atoms with Gasteiger partial charge in [-0.2, -0.15) is 0 Å². The van der Waals surface area contributed by atoms with Gasteiger partial charge in [0.25, 0.3) is 0 Å². The van der Waals surface area contributed by atoms with E-state index < -0.39 is 0 Å². The Bertz CT molecular complexity index is 835. The topological polar surface area (TPSA) is 59.7 Å². The number of ether oxygens (including phenoxy) is 1. The number of hydrogen-bond acceptors (Lipinski definition) is 5. The minimum Gasteiger partial charge on any atom is -0.455 e. The number of esters is 1. The van der Waals surface area contributed by atoms with Gasteiger partial charge in [-0.15, -0.1) is 0 Å². The minimum absolute atomic E-state index is 0.148. The Labute approximate surface area is 139 Å². The quantitative estimate of drug-likeness (QED) is 0.691. The maximum Gasteiger partial charge on any atom is 0.342 e. The molecular weight excluding hydrogens is 304 g/mol. The van der Waals surface area contributed by atoms with E-state index in [1.807, 2.05) is 35.0 Å². The molecule has 0 N–H and O–H groups in total. The second kappa shape index (κ2) is 6.31. The monoisotopic (exact) mass is 322 g/mol. The molecule has 1 saturated heterocycles. The number of rotatable bonds is 4. The lowest BCUT2D eigenvalue weighted by atomic mass is 10.2. The standard InChI is InChI=1S/C18H18N4O2/c23-18(15-6-5-8-19-17(15)21-9-3-4-10-21)24-13-14-12-22-11-2-1-7-16(22)20-14/h1-2,5-8,11-12H,3-4,9-10,13H2. The van der Waals surface area contributed by atoms with Crippen molar-refractivity contribution in [1.82, 2.24) is 14.4 Å². The van der Waals surface area contributed by atoms with Gasteiger partial charge < -0.3 is 14.0 Å². The molecule has 1 aliphatic rings. The van der Waals surface area contributed by atoms with Crippen molar-refractivity contribution >= 4 is 17.4 Å². The fourth-order valence-electron chi connectivity index (χ4n) is 3.01. The maximum atomic E-state index is 12.5. The molecule has 6 heteroatoms. The van der Waals surface area contributed by atoms with E-state index >= 15 is 0 Å². The molecule has 0 amide bonds. The smallest absolute Gasteiger partial charge is 0.342 e. The summed E-state index contributed by atoms with van der Waals surface area (Å²) >= 11 is 0. The van der Waals surface area contributed by atoms with Crippen molar-refractivity contribution in [2.75, 3.05) is 18.0 Å². The largest absolute Gasteiger partial charge is 0.455 e. The molecule has 0 unspecified atom stereocenters. The Kier molecular flexibility index (Phi) is 3.86. The summed E-state index contributed by atoms with van der Waals surface area (Å²) in [5.41, 5.74) is 2.08. The third-order valence-electron chi connectivity index (χ3n) is 4.18. The zero-order chi connectivity index (χ0) is 16.4. The van der Waals surface area contributed by atoms with Gasteiger partial charge in [0.2, 0.25) is 0 Å². The van der Waals surface area contributed by atoms with Gasteiger partial charge >= 0.3 is 5.97 Å². The lowest BCUT2D eigenvalue weighted by Gasteiger charge is -2.18. The van der Waals surface area contributed by atoms with Gasteiger partial charge in [0.05, 0.1) is 5.69 Å². The third kappa shape index (κ3) is 2.82. The first-order valence-corrected chi connectivity index (χ1v) is 8.11. The molecule has 0 radical (unpaired) electrons. The van der Waals surface area contributed by atoms with Crippen LogP contribution in [-0.4, -0.2) is 33.4 Å². The van der Waals surface area contributed by atoms with Crippen LogP contribution in [0.15, 0.2) is 48.9 Å². The lowest BCUT2D eigenvalue weighted by Crippen LogP contribution is -2.22. The highest BCUT2D eigenvalue weighted by atomic mass is 16.5. The molecular formula is C18H18N4O2. The number of imidazole rings is 1. The molecule has 0 saturated carbocycles. The van der Waals surface area contributed by atoms with Crippen molar-refractivity contribution < 1.29 is 9.53 Å². The Morgan fingerprint density at radius 1 is 1.17 bits per heavy atom. The van der Waals surface area contributed by atoms with E-state index in [2.05, 4.69) is 14.9 Å². The summed E-state index contributed by atoms with van der Waals surface area (Å²) in [6.45, 7) is 2.02. The molecule has 0 aromatic carbocycles. The summed E-state index contributed by atoms with van der Waals surface area (Å²) in [5, 5.41) is 0. The molecule has 4 rings (SSSR count). The minimum atomic E-state index is -0.359. The van der Waals surface area contributed by atoms with E-state index in [1.165, 1.54) is 0 Å². The summed E-state index contributed by atoms with van der Waals surface area (Å²) in [6, 6.07) is 9.31. The third-order valence-corrected chi connectivity index (χ3v) is 4.18. The van der Waals surface area contributed by atoms with Crippen LogP contribution in [0.4, 0.5) is 5.82 Å². The van der Waals surface area contributed by atoms with Crippen molar-refractivity contribution in [2.24, 2.45) is 0 Å². The summed E-state index contributed by atoms with van der Waals surface area (Å²) in [6.07, 6.45) is 7.76. The van der Waals surface area contributed by atoms with Gasteiger partial charge in [-0.3, -0.25) is 0 Å². The predicted molar refractivity (Wildman–Crippen MR) is 90.0 cm³/mol. The van der Waals surface area contributed by atoms with Crippen LogP contribution in [0.3, 0.4) is 0 Å². The van der Waals surface area contributed by atoms with E-state index in [9.17, 15) is 4.79 Å². The molecule has 0 aliphatic carbocycles. The van der Waals surface area contributed by atoms with E-state index in [4.69, 9.17) is 4.74 Å². The fraction of sp³-hybridized carbons (Fsp3) is 0.278. The Hall–Kier alpha value is -2.89. The van der Waals surface area contributed by atoms with Crippen LogP contribution in [0.1, 0.15) is 28.9 Å². The molecule has 4 heterocycles. The SMILES string of the molecule is O=C(OCc1cn2ccccc2n1)c1cccnc1N1CCCC1. The molecule has 122 valence electrons. The van der Waals surface area contributed by atoms with E-state index in [0.717, 1.165) is 43.1 Å². The van der Waals surface area contributed by atoms with Crippen molar-refractivity contribution in [3.63, 3.8) is 0 Å². The number of nitrogens with zero attached hydrogens (tertiary/aromatic N) is 4. The molecule has 3 aromatic rings. The number of carbonyl (C=O) groups excluding carboxylic acids is 1. The number of fused-ring (bicyclic) bond motifs is 1. The van der Waals surface area contributed by atoms with Crippen LogP contribution >= 0.6 is 0 Å². The average molecular weight is 322 g/mol. The van der Waals surface area contributed by atoms with Gasteiger partial charge in [-0.1, -0.05) is 6.07 Å². The highest BCUT2D eigenvalue weighted by Gasteiger charge is 2.21. The first-order chi connectivity index (χ1) is 11.8. The van der Waals surface area contributed by atoms with E-state index in [-0.39, 0.29) is 12.6 Å². The molecule has 3 aromatic heterocycles. The molecule has 0 bridgehead atoms. The summed E-state index contributed by atoms with van der Waals surface area (Å²) in [4.78, 5) is 23.4. The highest BCUT2D eigenvalue weighted by molar-refractivity contribution is 5.94. The van der Waals surface area contributed by atoms with Gasteiger partial charge in [-0.25, -0.2) is 14.8 Å².